The molecule has 1 unspecified atom stereocenters. The Labute approximate surface area is 192 Å². The molecule has 3 aromatic rings. The van der Waals surface area contributed by atoms with Crippen molar-refractivity contribution in [1.29, 1.82) is 0 Å². The van der Waals surface area contributed by atoms with Crippen molar-refractivity contribution in [2.24, 2.45) is 0 Å². The summed E-state index contributed by atoms with van der Waals surface area (Å²) in [4.78, 5) is 20.2. The van der Waals surface area contributed by atoms with Gasteiger partial charge in [0.05, 0.1) is 12.1 Å². The van der Waals surface area contributed by atoms with Gasteiger partial charge in [0.25, 0.3) is 5.91 Å². The normalized spacial score (nSPS) is 16.2. The highest BCUT2D eigenvalue weighted by Crippen LogP contribution is 2.33. The zero-order valence-electron chi connectivity index (χ0n) is 16.9. The lowest BCUT2D eigenvalue weighted by atomic mass is 10.2. The third-order valence-corrected chi connectivity index (χ3v) is 7.11. The van der Waals surface area contributed by atoms with Crippen molar-refractivity contribution >= 4 is 27.9 Å². The Morgan fingerprint density at radius 3 is 2.73 bits per heavy atom. The number of benzene rings is 1. The van der Waals surface area contributed by atoms with Crippen LogP contribution in [-0.4, -0.2) is 35.8 Å². The molecule has 0 aliphatic carbocycles. The first-order chi connectivity index (χ1) is 15.5. The van der Waals surface area contributed by atoms with Gasteiger partial charge in [-0.05, 0) is 23.8 Å². The maximum atomic E-state index is 13.0. The summed E-state index contributed by atoms with van der Waals surface area (Å²) >= 11 is 5.73. The second-order valence-corrected chi connectivity index (χ2v) is 9.60. The van der Waals surface area contributed by atoms with Crippen LogP contribution in [0.5, 0.6) is 0 Å². The highest BCUT2D eigenvalue weighted by molar-refractivity contribution is 7.95. The highest BCUT2D eigenvalue weighted by Gasteiger charge is 2.37. The van der Waals surface area contributed by atoms with E-state index in [0.717, 1.165) is 28.1 Å². The number of hydrogen-bond acceptors (Lipinski definition) is 5. The number of nitrogens with zero attached hydrogens (tertiary/aromatic N) is 4. The molecule has 174 valence electrons. The minimum absolute atomic E-state index is 0.0272. The van der Waals surface area contributed by atoms with Gasteiger partial charge in [-0.2, -0.15) is 13.2 Å². The quantitative estimate of drug-likeness (QED) is 0.428. The van der Waals surface area contributed by atoms with Crippen LogP contribution < -0.4 is 5.32 Å². The van der Waals surface area contributed by atoms with Crippen molar-refractivity contribution in [2.45, 2.75) is 30.7 Å². The van der Waals surface area contributed by atoms with Crippen LogP contribution in [0.25, 0.3) is 0 Å². The molecule has 0 radical (unpaired) electrons. The standard InChI is InChI=1S/C20H17ClF3N5O3S/c21-17-5-4-13(9-25-17)10-26-19(30)16-11-28-6-7-29(12-18(28)27-16)33(31,32)15-3-1-2-14(8-15)20(22,23)24/h1-5,8-9,11H,6-7,10,12H2,(H-,26,30,31,32). The number of halogens is 4. The summed E-state index contributed by atoms with van der Waals surface area (Å²) in [5, 5.41) is 3.03. The number of imidazole rings is 1. The molecule has 33 heavy (non-hydrogen) atoms. The van der Waals surface area contributed by atoms with Gasteiger partial charge in [-0.15, -0.1) is 4.31 Å². The van der Waals surface area contributed by atoms with E-state index in [1.54, 1.807) is 16.7 Å². The van der Waals surface area contributed by atoms with Crippen LogP contribution in [0.4, 0.5) is 13.2 Å². The van der Waals surface area contributed by atoms with Crippen molar-refractivity contribution in [1.82, 2.24) is 24.2 Å². The predicted molar refractivity (Wildman–Crippen MR) is 112 cm³/mol. The number of fused-ring (bicyclic) bond motifs is 1. The molecule has 1 aliphatic rings. The van der Waals surface area contributed by atoms with Gasteiger partial charge in [0, 0.05) is 31.5 Å². The predicted octanol–water partition coefficient (Wildman–Crippen LogP) is 3.30. The molecule has 13 heteroatoms. The first-order valence-electron chi connectivity index (χ1n) is 9.66. The van der Waals surface area contributed by atoms with Crippen LogP contribution in [0, 0.1) is 0 Å². The molecular weight excluding hydrogens is 483 g/mol. The number of pyridine rings is 1. The molecule has 0 fully saturated rings. The van der Waals surface area contributed by atoms with Crippen LogP contribution in [0.1, 0.15) is 27.4 Å². The lowest BCUT2D eigenvalue weighted by Gasteiger charge is -2.30. The summed E-state index contributed by atoms with van der Waals surface area (Å²) in [6.07, 6.45) is -1.62. The fourth-order valence-corrected chi connectivity index (χ4v) is 4.85. The second-order valence-electron chi connectivity index (χ2n) is 7.27. The number of carbonyl (C=O) groups excluding carboxylic acids is 1. The molecule has 1 amide bonds. The number of amides is 1. The van der Waals surface area contributed by atoms with Gasteiger partial charge in [0.15, 0.2) is 15.3 Å². The van der Waals surface area contributed by atoms with Crippen LogP contribution >= 0.6 is 11.6 Å². The minimum Gasteiger partial charge on any atom is -0.593 e. The van der Waals surface area contributed by atoms with Gasteiger partial charge in [0.2, 0.25) is 0 Å². The molecule has 2 aromatic heterocycles. The van der Waals surface area contributed by atoms with Gasteiger partial charge in [0.1, 0.15) is 23.2 Å². The Kier molecular flexibility index (Phi) is 6.27. The van der Waals surface area contributed by atoms with E-state index in [4.69, 9.17) is 11.6 Å². The van der Waals surface area contributed by atoms with E-state index < -0.39 is 32.9 Å². The van der Waals surface area contributed by atoms with E-state index in [1.807, 2.05) is 0 Å². The number of sulfonamides is 1. The number of hydrogen-bond donors (Lipinski definition) is 1. The third kappa shape index (κ3) is 5.08. The monoisotopic (exact) mass is 499 g/mol. The Bertz CT molecular complexity index is 1230. The Morgan fingerprint density at radius 1 is 1.24 bits per heavy atom. The van der Waals surface area contributed by atoms with Crippen molar-refractivity contribution in [3.8, 4) is 0 Å². The molecule has 0 saturated carbocycles. The molecule has 1 N–H and O–H groups in total. The van der Waals surface area contributed by atoms with E-state index in [9.17, 15) is 26.7 Å². The molecule has 0 saturated heterocycles. The summed E-state index contributed by atoms with van der Waals surface area (Å²) in [6.45, 7) is 0.253. The van der Waals surface area contributed by atoms with Crippen LogP contribution in [-0.2, 0) is 40.4 Å². The topological polar surface area (TPSA) is 103 Å². The third-order valence-electron chi connectivity index (χ3n) is 5.04. The van der Waals surface area contributed by atoms with Crippen molar-refractivity contribution in [3.05, 3.63) is 76.6 Å². The lowest BCUT2D eigenvalue weighted by Crippen LogP contribution is -2.42. The fraction of sp³-hybridized carbons (Fsp3) is 0.250. The smallest absolute Gasteiger partial charge is 0.416 e. The van der Waals surface area contributed by atoms with E-state index in [0.29, 0.717) is 17.0 Å². The van der Waals surface area contributed by atoms with Crippen molar-refractivity contribution in [3.63, 3.8) is 0 Å². The van der Waals surface area contributed by atoms with Crippen LogP contribution in [0.3, 0.4) is 0 Å². The number of rotatable bonds is 5. The van der Waals surface area contributed by atoms with Gasteiger partial charge in [-0.1, -0.05) is 27.9 Å². The molecular formula is C20H17ClF3N5O3S. The average molecular weight is 500 g/mol. The summed E-state index contributed by atoms with van der Waals surface area (Å²) in [5.41, 5.74) is -0.211. The molecule has 8 nitrogen and oxygen atoms in total. The molecule has 1 atom stereocenters. The van der Waals surface area contributed by atoms with Gasteiger partial charge in [-0.25, -0.2) is 9.97 Å². The van der Waals surface area contributed by atoms with Crippen molar-refractivity contribution in [2.75, 3.05) is 6.54 Å². The second kappa shape index (κ2) is 8.86. The zero-order chi connectivity index (χ0) is 23.8. The first-order valence-corrected chi connectivity index (χ1v) is 11.5. The summed E-state index contributed by atoms with van der Waals surface area (Å²) in [7, 11) is -4.19. The Balaban J connectivity index is 1.47. The molecule has 1 aromatic carbocycles. The summed E-state index contributed by atoms with van der Waals surface area (Å²) in [6, 6.07) is 6.91. The fourth-order valence-electron chi connectivity index (χ4n) is 3.31. The van der Waals surface area contributed by atoms with Crippen LogP contribution in [0.2, 0.25) is 5.15 Å². The lowest BCUT2D eigenvalue weighted by molar-refractivity contribution is -0.137. The van der Waals surface area contributed by atoms with E-state index in [1.165, 1.54) is 12.4 Å². The Morgan fingerprint density at radius 2 is 2.03 bits per heavy atom. The number of aromatic nitrogens is 3. The average Bonchev–Trinajstić information content (AvgIpc) is 3.21. The van der Waals surface area contributed by atoms with E-state index in [2.05, 4.69) is 15.3 Å². The maximum Gasteiger partial charge on any atom is 0.416 e. The number of nitrogens with one attached hydrogen (secondary N) is 1. The number of carbonyl (C=O) groups is 1. The minimum atomic E-state index is -4.66. The largest absolute Gasteiger partial charge is 0.593 e. The first kappa shape index (κ1) is 23.4. The van der Waals surface area contributed by atoms with E-state index >= 15 is 0 Å². The van der Waals surface area contributed by atoms with Gasteiger partial charge >= 0.3 is 6.18 Å². The Hall–Kier alpha value is -2.80. The highest BCUT2D eigenvalue weighted by atomic mass is 35.5. The molecule has 0 bridgehead atoms. The molecule has 3 heterocycles. The van der Waals surface area contributed by atoms with E-state index in [-0.39, 0.29) is 31.9 Å². The molecule has 1 aliphatic heterocycles. The maximum absolute atomic E-state index is 13.0. The van der Waals surface area contributed by atoms with Crippen LogP contribution in [0.15, 0.2) is 53.7 Å². The SMILES string of the molecule is O=C(NCc1ccc(Cl)nc1)c1cn2c(n1)CN([S+](=O)([O-])c1cccc(C(F)(F)F)c1)CC2. The summed E-state index contributed by atoms with van der Waals surface area (Å²) < 4.78 is 67.5. The van der Waals surface area contributed by atoms with Gasteiger partial charge < -0.3 is 14.4 Å². The molecule has 4 rings (SSSR count). The molecule has 0 spiro atoms. The van der Waals surface area contributed by atoms with Gasteiger partial charge in [-0.3, -0.25) is 4.79 Å². The zero-order valence-corrected chi connectivity index (χ0v) is 18.5. The number of alkyl halides is 3. The van der Waals surface area contributed by atoms with Crippen molar-refractivity contribution < 1.29 is 26.7 Å². The summed E-state index contributed by atoms with van der Waals surface area (Å²) in [5.74, 6) is -0.144.